The van der Waals surface area contributed by atoms with Crippen molar-refractivity contribution >= 4 is 23.4 Å². The Labute approximate surface area is 119 Å². The minimum atomic E-state index is -0.904. The molecule has 0 saturated carbocycles. The summed E-state index contributed by atoms with van der Waals surface area (Å²) < 4.78 is 0. The van der Waals surface area contributed by atoms with Gasteiger partial charge in [-0.1, -0.05) is 13.8 Å². The lowest BCUT2D eigenvalue weighted by Crippen LogP contribution is -2.29. The highest BCUT2D eigenvalue weighted by Crippen LogP contribution is 2.22. The molecule has 0 spiro atoms. The van der Waals surface area contributed by atoms with E-state index in [2.05, 4.69) is 32.7 Å². The molecule has 106 valence electrons. The van der Waals surface area contributed by atoms with Gasteiger partial charge in [-0.15, -0.1) is 11.3 Å². The largest absolute Gasteiger partial charge is 0.478 e. The van der Waals surface area contributed by atoms with Gasteiger partial charge in [0.2, 0.25) is 0 Å². The molecule has 0 radical (unpaired) electrons. The van der Waals surface area contributed by atoms with Gasteiger partial charge in [0.1, 0.15) is 0 Å². The van der Waals surface area contributed by atoms with Crippen molar-refractivity contribution in [1.29, 1.82) is 0 Å². The first-order valence-electron chi connectivity index (χ1n) is 6.57. The van der Waals surface area contributed by atoms with Gasteiger partial charge in [0.05, 0.1) is 0 Å². The van der Waals surface area contributed by atoms with Gasteiger partial charge in [-0.05, 0) is 49.4 Å². The Hall–Kier alpha value is -1.13. The second kappa shape index (κ2) is 7.46. The second-order valence-electron chi connectivity index (χ2n) is 5.36. The molecule has 0 aliphatic carbocycles. The third kappa shape index (κ3) is 5.57. The smallest absolute Gasteiger partial charge is 0.328 e. The van der Waals surface area contributed by atoms with Gasteiger partial charge in [-0.2, -0.15) is 0 Å². The number of carboxylic acids is 1. The molecule has 1 heterocycles. The molecule has 1 unspecified atom stereocenters. The van der Waals surface area contributed by atoms with E-state index >= 15 is 0 Å². The maximum atomic E-state index is 10.6. The average Bonchev–Trinajstić information content (AvgIpc) is 2.72. The molecule has 0 saturated heterocycles. The van der Waals surface area contributed by atoms with E-state index in [1.54, 1.807) is 17.4 Å². The van der Waals surface area contributed by atoms with Crippen molar-refractivity contribution in [2.24, 2.45) is 5.92 Å². The van der Waals surface area contributed by atoms with Crippen LogP contribution < -0.4 is 0 Å². The summed E-state index contributed by atoms with van der Waals surface area (Å²) in [5, 5.41) is 10.7. The molecule has 0 aliphatic rings. The van der Waals surface area contributed by atoms with E-state index in [-0.39, 0.29) is 0 Å². The molecule has 1 N–H and O–H groups in total. The predicted molar refractivity (Wildman–Crippen MR) is 81.4 cm³/mol. The number of nitrogens with zero attached hydrogens (tertiary/aromatic N) is 1. The first kappa shape index (κ1) is 15.9. The SMILES string of the molecule is CC(C)CC(C)N(C)Cc1sccc1C=CC(=O)O. The molecule has 1 aromatic heterocycles. The number of hydrogen-bond donors (Lipinski definition) is 1. The molecular weight excluding hydrogens is 258 g/mol. The topological polar surface area (TPSA) is 40.5 Å². The Morgan fingerprint density at radius 3 is 2.74 bits per heavy atom. The summed E-state index contributed by atoms with van der Waals surface area (Å²) in [5.74, 6) is -0.217. The summed E-state index contributed by atoms with van der Waals surface area (Å²) in [5.41, 5.74) is 1.01. The fraction of sp³-hybridized carbons (Fsp3) is 0.533. The van der Waals surface area contributed by atoms with Crippen LogP contribution in [0, 0.1) is 5.92 Å². The van der Waals surface area contributed by atoms with E-state index in [1.165, 1.54) is 17.4 Å². The number of thiophene rings is 1. The lowest BCUT2D eigenvalue weighted by molar-refractivity contribution is -0.131. The van der Waals surface area contributed by atoms with E-state index in [0.29, 0.717) is 12.0 Å². The number of carbonyl (C=O) groups is 1. The summed E-state index contributed by atoms with van der Waals surface area (Å²) in [6.07, 6.45) is 4.04. The van der Waals surface area contributed by atoms with Gasteiger partial charge >= 0.3 is 5.97 Å². The zero-order chi connectivity index (χ0) is 14.4. The van der Waals surface area contributed by atoms with Gasteiger partial charge in [-0.25, -0.2) is 4.79 Å². The lowest BCUT2D eigenvalue weighted by Gasteiger charge is -2.25. The minimum Gasteiger partial charge on any atom is -0.478 e. The fourth-order valence-electron chi connectivity index (χ4n) is 2.03. The summed E-state index contributed by atoms with van der Waals surface area (Å²) in [6.45, 7) is 7.57. The van der Waals surface area contributed by atoms with Crippen LogP contribution in [0.4, 0.5) is 0 Å². The van der Waals surface area contributed by atoms with Crippen LogP contribution in [0.25, 0.3) is 6.08 Å². The normalized spacial score (nSPS) is 13.6. The van der Waals surface area contributed by atoms with Gasteiger partial charge in [0, 0.05) is 23.5 Å². The van der Waals surface area contributed by atoms with Crippen LogP contribution in [0.2, 0.25) is 0 Å². The van der Waals surface area contributed by atoms with Crippen LogP contribution in [0.3, 0.4) is 0 Å². The van der Waals surface area contributed by atoms with E-state index < -0.39 is 5.97 Å². The van der Waals surface area contributed by atoms with E-state index in [9.17, 15) is 4.79 Å². The van der Waals surface area contributed by atoms with E-state index in [1.807, 2.05) is 11.4 Å². The Morgan fingerprint density at radius 2 is 2.16 bits per heavy atom. The van der Waals surface area contributed by atoms with Crippen LogP contribution in [0.5, 0.6) is 0 Å². The predicted octanol–water partition coefficient (Wildman–Crippen LogP) is 3.71. The highest BCUT2D eigenvalue weighted by Gasteiger charge is 2.13. The van der Waals surface area contributed by atoms with Crippen molar-refractivity contribution in [1.82, 2.24) is 4.90 Å². The van der Waals surface area contributed by atoms with Gasteiger partial charge in [0.25, 0.3) is 0 Å². The van der Waals surface area contributed by atoms with Crippen molar-refractivity contribution in [2.45, 2.75) is 39.8 Å². The van der Waals surface area contributed by atoms with Crippen LogP contribution in [0.15, 0.2) is 17.5 Å². The Morgan fingerprint density at radius 1 is 1.47 bits per heavy atom. The number of hydrogen-bond acceptors (Lipinski definition) is 3. The lowest BCUT2D eigenvalue weighted by atomic mass is 10.0. The molecule has 1 aromatic rings. The maximum Gasteiger partial charge on any atom is 0.328 e. The van der Waals surface area contributed by atoms with Crippen LogP contribution in [0.1, 0.15) is 37.6 Å². The van der Waals surface area contributed by atoms with E-state index in [4.69, 9.17) is 5.11 Å². The van der Waals surface area contributed by atoms with Gasteiger partial charge in [-0.3, -0.25) is 4.90 Å². The highest BCUT2D eigenvalue weighted by atomic mass is 32.1. The molecule has 0 fully saturated rings. The third-order valence-electron chi connectivity index (χ3n) is 3.14. The molecule has 0 aliphatic heterocycles. The van der Waals surface area contributed by atoms with E-state index in [0.717, 1.165) is 12.1 Å². The minimum absolute atomic E-state index is 0.526. The van der Waals surface area contributed by atoms with Crippen LogP contribution >= 0.6 is 11.3 Å². The number of rotatable bonds is 7. The van der Waals surface area contributed by atoms with Crippen molar-refractivity contribution < 1.29 is 9.90 Å². The molecule has 0 bridgehead atoms. The average molecular weight is 281 g/mol. The Kier molecular flexibility index (Phi) is 6.25. The quantitative estimate of drug-likeness (QED) is 0.774. The van der Waals surface area contributed by atoms with Gasteiger partial charge < -0.3 is 5.11 Å². The van der Waals surface area contributed by atoms with Crippen molar-refractivity contribution in [3.8, 4) is 0 Å². The zero-order valence-corrected chi connectivity index (χ0v) is 12.9. The van der Waals surface area contributed by atoms with Crippen LogP contribution in [-0.4, -0.2) is 29.1 Å². The maximum absolute atomic E-state index is 10.6. The standard InChI is InChI=1S/C15H23NO2S/c1-11(2)9-12(3)16(4)10-14-13(7-8-19-14)5-6-15(17)18/h5-8,11-12H,9-10H2,1-4H3,(H,17,18). The number of aliphatic carboxylic acids is 1. The molecular formula is C15H23NO2S. The summed E-state index contributed by atoms with van der Waals surface area (Å²) in [4.78, 5) is 14.1. The fourth-order valence-corrected chi connectivity index (χ4v) is 2.96. The van der Waals surface area contributed by atoms with Crippen molar-refractivity contribution in [3.63, 3.8) is 0 Å². The second-order valence-corrected chi connectivity index (χ2v) is 6.37. The highest BCUT2D eigenvalue weighted by molar-refractivity contribution is 7.10. The zero-order valence-electron chi connectivity index (χ0n) is 12.1. The first-order chi connectivity index (χ1) is 8.90. The van der Waals surface area contributed by atoms with Gasteiger partial charge in [0.15, 0.2) is 0 Å². The molecule has 4 heteroatoms. The van der Waals surface area contributed by atoms with Crippen LogP contribution in [-0.2, 0) is 11.3 Å². The summed E-state index contributed by atoms with van der Waals surface area (Å²) >= 11 is 1.68. The molecule has 0 aromatic carbocycles. The number of carboxylic acid groups (broad SMARTS) is 1. The Bertz CT molecular complexity index is 437. The summed E-state index contributed by atoms with van der Waals surface area (Å²) in [7, 11) is 2.12. The molecule has 1 rings (SSSR count). The van der Waals surface area contributed by atoms with Crippen molar-refractivity contribution in [2.75, 3.05) is 7.05 Å². The Balaban J connectivity index is 2.67. The first-order valence-corrected chi connectivity index (χ1v) is 7.45. The monoisotopic (exact) mass is 281 g/mol. The molecule has 0 amide bonds. The summed E-state index contributed by atoms with van der Waals surface area (Å²) in [6, 6.07) is 2.50. The molecule has 3 nitrogen and oxygen atoms in total. The van der Waals surface area contributed by atoms with Crippen molar-refractivity contribution in [3.05, 3.63) is 28.0 Å². The third-order valence-corrected chi connectivity index (χ3v) is 4.06. The molecule has 19 heavy (non-hydrogen) atoms. The molecule has 1 atom stereocenters.